The molecule has 5 nitrogen and oxygen atoms in total. The number of halogens is 1. The smallest absolute Gasteiger partial charge is 0.346 e. The van der Waals surface area contributed by atoms with Crippen molar-refractivity contribution in [2.75, 3.05) is 6.54 Å². The van der Waals surface area contributed by atoms with Gasteiger partial charge in [-0.05, 0) is 74.1 Å². The molecule has 1 aromatic heterocycles. The van der Waals surface area contributed by atoms with Crippen molar-refractivity contribution in [2.24, 2.45) is 0 Å². The van der Waals surface area contributed by atoms with Crippen LogP contribution in [0.25, 0.3) is 0 Å². The zero-order valence-corrected chi connectivity index (χ0v) is 14.8. The summed E-state index contributed by atoms with van der Waals surface area (Å²) >= 11 is 0. The lowest BCUT2D eigenvalue weighted by atomic mass is 9.91. The Hall–Kier alpha value is -2.47. The monoisotopic (exact) mass is 358 g/mol. The lowest BCUT2D eigenvalue weighted by molar-refractivity contribution is -0.144. The van der Waals surface area contributed by atoms with E-state index in [9.17, 15) is 14.3 Å². The van der Waals surface area contributed by atoms with E-state index in [0.29, 0.717) is 12.3 Å². The highest BCUT2D eigenvalue weighted by Crippen LogP contribution is 2.24. The lowest BCUT2D eigenvalue weighted by Gasteiger charge is -2.21. The van der Waals surface area contributed by atoms with Crippen LogP contribution in [-0.4, -0.2) is 28.7 Å². The topological polar surface area (TPSA) is 71.5 Å². The molecule has 0 aliphatic heterocycles. The molecule has 1 aliphatic carbocycles. The van der Waals surface area contributed by atoms with Crippen molar-refractivity contribution < 1.29 is 19.0 Å². The molecule has 0 bridgehead atoms. The van der Waals surface area contributed by atoms with Gasteiger partial charge in [-0.2, -0.15) is 0 Å². The molecule has 0 saturated heterocycles. The Labute approximate surface area is 152 Å². The van der Waals surface area contributed by atoms with Gasteiger partial charge in [-0.1, -0.05) is 0 Å². The van der Waals surface area contributed by atoms with E-state index in [2.05, 4.69) is 16.4 Å². The number of aliphatic carboxylic acids is 1. The molecule has 6 heteroatoms. The molecule has 0 radical (unpaired) electrons. The Balaban J connectivity index is 1.62. The summed E-state index contributed by atoms with van der Waals surface area (Å²) in [6.45, 7) is 2.71. The summed E-state index contributed by atoms with van der Waals surface area (Å²) < 4.78 is 18.4. The zero-order valence-electron chi connectivity index (χ0n) is 14.8. The Kier molecular flexibility index (Phi) is 5.83. The van der Waals surface area contributed by atoms with E-state index >= 15 is 0 Å². The number of aryl methyl sites for hydroxylation is 2. The second-order valence-electron chi connectivity index (χ2n) is 6.58. The molecule has 2 N–H and O–H groups in total. The highest BCUT2D eigenvalue weighted by Gasteiger charge is 2.20. The third kappa shape index (κ3) is 4.58. The number of carboxylic acids is 1. The first-order valence-electron chi connectivity index (χ1n) is 8.87. The van der Waals surface area contributed by atoms with Gasteiger partial charge in [-0.3, -0.25) is 4.98 Å². The van der Waals surface area contributed by atoms with Gasteiger partial charge in [0.05, 0.1) is 0 Å². The van der Waals surface area contributed by atoms with E-state index in [0.717, 1.165) is 25.0 Å². The predicted octanol–water partition coefficient (Wildman–Crippen LogP) is 3.03. The van der Waals surface area contributed by atoms with Gasteiger partial charge in [0, 0.05) is 24.5 Å². The minimum Gasteiger partial charge on any atom is -0.478 e. The van der Waals surface area contributed by atoms with Crippen molar-refractivity contribution in [3.05, 3.63) is 58.7 Å². The molecule has 1 heterocycles. The van der Waals surface area contributed by atoms with Crippen molar-refractivity contribution in [2.45, 2.75) is 45.3 Å². The molecule has 2 aromatic rings. The van der Waals surface area contributed by atoms with Crippen LogP contribution in [0.15, 0.2) is 30.3 Å². The van der Waals surface area contributed by atoms with E-state index in [4.69, 9.17) is 4.74 Å². The van der Waals surface area contributed by atoms with Crippen LogP contribution < -0.4 is 10.1 Å². The Bertz CT molecular complexity index is 777. The number of nitrogens with zero attached hydrogens (tertiary/aromatic N) is 1. The number of ether oxygens (including phenoxy) is 1. The van der Waals surface area contributed by atoms with Gasteiger partial charge in [-0.25, -0.2) is 9.18 Å². The minimum atomic E-state index is -1.06. The van der Waals surface area contributed by atoms with Crippen LogP contribution in [0.1, 0.15) is 35.4 Å². The molecule has 26 heavy (non-hydrogen) atoms. The number of fused-ring (bicyclic) bond motifs is 1. The second kappa shape index (κ2) is 8.27. The van der Waals surface area contributed by atoms with Crippen molar-refractivity contribution >= 4 is 5.97 Å². The van der Waals surface area contributed by atoms with Crippen LogP contribution in [0.4, 0.5) is 4.39 Å². The van der Waals surface area contributed by atoms with Crippen LogP contribution in [0.3, 0.4) is 0 Å². The summed E-state index contributed by atoms with van der Waals surface area (Å²) in [6.07, 6.45) is 3.32. The van der Waals surface area contributed by atoms with Crippen molar-refractivity contribution in [1.82, 2.24) is 10.3 Å². The first-order valence-corrected chi connectivity index (χ1v) is 8.87. The van der Waals surface area contributed by atoms with Crippen LogP contribution in [0.5, 0.6) is 5.75 Å². The van der Waals surface area contributed by atoms with E-state index in [1.165, 1.54) is 47.5 Å². The molecule has 1 atom stereocenters. The Morgan fingerprint density at radius 3 is 2.77 bits per heavy atom. The first kappa shape index (κ1) is 18.3. The van der Waals surface area contributed by atoms with Crippen LogP contribution >= 0.6 is 0 Å². The maximum Gasteiger partial charge on any atom is 0.346 e. The molecule has 1 unspecified atom stereocenters. The normalized spacial score (nSPS) is 14.5. The number of hydrogen-bond donors (Lipinski definition) is 2. The number of benzene rings is 1. The summed E-state index contributed by atoms with van der Waals surface area (Å²) in [6, 6.07) is 7.40. The number of carboxylic acid groups (broad SMARTS) is 1. The Morgan fingerprint density at radius 1 is 1.31 bits per heavy atom. The maximum absolute atomic E-state index is 13.0. The highest BCUT2D eigenvalue weighted by molar-refractivity contribution is 5.73. The van der Waals surface area contributed by atoms with Gasteiger partial charge in [0.25, 0.3) is 0 Å². The van der Waals surface area contributed by atoms with E-state index < -0.39 is 12.1 Å². The van der Waals surface area contributed by atoms with Crippen molar-refractivity contribution in [3.8, 4) is 5.75 Å². The average Bonchev–Trinajstić information content (AvgIpc) is 2.62. The van der Waals surface area contributed by atoms with Gasteiger partial charge in [0.1, 0.15) is 11.6 Å². The van der Waals surface area contributed by atoms with Crippen LogP contribution in [0.2, 0.25) is 0 Å². The number of aromatic nitrogens is 1. The molecule has 1 aromatic carbocycles. The summed E-state index contributed by atoms with van der Waals surface area (Å²) in [5.74, 6) is -1.12. The standard InChI is InChI=1S/C20H23FN2O3/c1-13-10-14(17-4-2-3-5-18(17)23-13)11-22-12-19(20(24)25)26-16-8-6-15(21)7-9-16/h6-10,19,22H,2-5,11-12H2,1H3,(H,24,25). The third-order valence-corrected chi connectivity index (χ3v) is 4.53. The van der Waals surface area contributed by atoms with E-state index in [-0.39, 0.29) is 12.4 Å². The fourth-order valence-electron chi connectivity index (χ4n) is 3.30. The van der Waals surface area contributed by atoms with Crippen molar-refractivity contribution in [3.63, 3.8) is 0 Å². The Morgan fingerprint density at radius 2 is 2.04 bits per heavy atom. The van der Waals surface area contributed by atoms with Crippen LogP contribution in [-0.2, 0) is 24.2 Å². The van der Waals surface area contributed by atoms with Gasteiger partial charge in [0.15, 0.2) is 0 Å². The quantitative estimate of drug-likeness (QED) is 0.796. The molecule has 0 saturated carbocycles. The number of carbonyl (C=O) groups is 1. The fraction of sp³-hybridized carbons (Fsp3) is 0.400. The molecule has 0 fully saturated rings. The van der Waals surface area contributed by atoms with Gasteiger partial charge in [-0.15, -0.1) is 0 Å². The molecule has 1 aliphatic rings. The van der Waals surface area contributed by atoms with Crippen LogP contribution in [0, 0.1) is 12.7 Å². The molecule has 0 spiro atoms. The number of rotatable bonds is 7. The summed E-state index contributed by atoms with van der Waals surface area (Å²) in [4.78, 5) is 16.1. The summed E-state index contributed by atoms with van der Waals surface area (Å²) in [5.41, 5.74) is 4.63. The zero-order chi connectivity index (χ0) is 18.5. The first-order chi connectivity index (χ1) is 12.5. The van der Waals surface area contributed by atoms with Gasteiger partial charge >= 0.3 is 5.97 Å². The third-order valence-electron chi connectivity index (χ3n) is 4.53. The number of nitrogens with one attached hydrogen (secondary N) is 1. The average molecular weight is 358 g/mol. The summed E-state index contributed by atoms with van der Waals surface area (Å²) in [5, 5.41) is 12.6. The molecule has 3 rings (SSSR count). The van der Waals surface area contributed by atoms with Gasteiger partial charge in [0.2, 0.25) is 6.10 Å². The molecule has 0 amide bonds. The van der Waals surface area contributed by atoms with E-state index in [1.54, 1.807) is 0 Å². The number of pyridine rings is 1. The SMILES string of the molecule is Cc1cc(CNCC(Oc2ccc(F)cc2)C(=O)O)c2c(n1)CCCC2. The van der Waals surface area contributed by atoms with Gasteiger partial charge < -0.3 is 15.2 Å². The second-order valence-corrected chi connectivity index (χ2v) is 6.58. The molecule has 138 valence electrons. The molecular formula is C20H23FN2O3. The lowest BCUT2D eigenvalue weighted by Crippen LogP contribution is -2.37. The fourth-order valence-corrected chi connectivity index (χ4v) is 3.30. The predicted molar refractivity (Wildman–Crippen MR) is 95.8 cm³/mol. The maximum atomic E-state index is 13.0. The summed E-state index contributed by atoms with van der Waals surface area (Å²) in [7, 11) is 0. The van der Waals surface area contributed by atoms with E-state index in [1.807, 2.05) is 6.92 Å². The highest BCUT2D eigenvalue weighted by atomic mass is 19.1. The number of hydrogen-bond acceptors (Lipinski definition) is 4. The molecular weight excluding hydrogens is 335 g/mol. The van der Waals surface area contributed by atoms with Crippen molar-refractivity contribution in [1.29, 1.82) is 0 Å². The minimum absolute atomic E-state index is 0.156. The largest absolute Gasteiger partial charge is 0.478 e.